The molecule has 0 saturated carbocycles. The summed E-state index contributed by atoms with van der Waals surface area (Å²) < 4.78 is 4.70. The summed E-state index contributed by atoms with van der Waals surface area (Å²) in [4.78, 5) is 23.3. The molecule has 0 bridgehead atoms. The quantitative estimate of drug-likeness (QED) is 0.590. The highest BCUT2D eigenvalue weighted by Gasteiger charge is 2.56. The van der Waals surface area contributed by atoms with Crippen LogP contribution in [0.1, 0.15) is 18.1 Å². The van der Waals surface area contributed by atoms with E-state index < -0.39 is 11.4 Å². The van der Waals surface area contributed by atoms with Crippen LogP contribution in [-0.4, -0.2) is 18.9 Å². The first kappa shape index (κ1) is 11.6. The molecule has 1 aliphatic rings. The van der Waals surface area contributed by atoms with Gasteiger partial charge in [-0.1, -0.05) is 29.8 Å². The minimum Gasteiger partial charge on any atom is -0.468 e. The molecule has 0 fully saturated rings. The summed E-state index contributed by atoms with van der Waals surface area (Å²) in [5.74, 6) is -0.694. The van der Waals surface area contributed by atoms with E-state index in [2.05, 4.69) is 0 Å². The van der Waals surface area contributed by atoms with Gasteiger partial charge in [0, 0.05) is 0 Å². The van der Waals surface area contributed by atoms with Gasteiger partial charge in [-0.3, -0.25) is 9.59 Å². The first-order valence-corrected chi connectivity index (χ1v) is 5.42. The lowest BCUT2D eigenvalue weighted by Crippen LogP contribution is -2.28. The van der Waals surface area contributed by atoms with Crippen molar-refractivity contribution in [1.82, 2.24) is 0 Å². The Morgan fingerprint density at radius 1 is 1.18 bits per heavy atom. The van der Waals surface area contributed by atoms with E-state index in [1.807, 2.05) is 31.2 Å². The van der Waals surface area contributed by atoms with Crippen LogP contribution in [0.5, 0.6) is 0 Å². The number of hydrogen-bond donors (Lipinski definition) is 0. The maximum atomic E-state index is 11.7. The fraction of sp³-hybridized carbons (Fsp3) is 0.286. The lowest BCUT2D eigenvalue weighted by atomic mass is 9.92. The second-order valence-electron chi connectivity index (χ2n) is 4.28. The van der Waals surface area contributed by atoms with Crippen molar-refractivity contribution in [2.75, 3.05) is 7.11 Å². The standard InChI is InChI=1S/C14H14O3/c1-9-4-6-11(7-5-9)12-8-14(12,10(2)15)13(16)17-3/h4-8H,1-3H3/t14-/m0/s1. The lowest BCUT2D eigenvalue weighted by molar-refractivity contribution is -0.148. The molecular weight excluding hydrogens is 216 g/mol. The van der Waals surface area contributed by atoms with E-state index in [4.69, 9.17) is 4.74 Å². The fourth-order valence-electron chi connectivity index (χ4n) is 1.99. The van der Waals surface area contributed by atoms with Gasteiger partial charge in [0.05, 0.1) is 7.11 Å². The van der Waals surface area contributed by atoms with Gasteiger partial charge in [-0.15, -0.1) is 0 Å². The molecule has 0 saturated heterocycles. The Kier molecular flexibility index (Phi) is 2.62. The molecule has 0 N–H and O–H groups in total. The molecule has 0 amide bonds. The van der Waals surface area contributed by atoms with Gasteiger partial charge in [-0.05, 0) is 31.1 Å². The summed E-state index contributed by atoms with van der Waals surface area (Å²) in [6, 6.07) is 7.73. The van der Waals surface area contributed by atoms with Gasteiger partial charge >= 0.3 is 5.97 Å². The van der Waals surface area contributed by atoms with E-state index in [9.17, 15) is 9.59 Å². The Bertz CT molecular complexity index is 511. The van der Waals surface area contributed by atoms with Crippen LogP contribution in [0.15, 0.2) is 30.3 Å². The summed E-state index contributed by atoms with van der Waals surface area (Å²) >= 11 is 0. The number of methoxy groups -OCH3 is 1. The molecule has 0 heterocycles. The molecule has 17 heavy (non-hydrogen) atoms. The Labute approximate surface area is 100 Å². The smallest absolute Gasteiger partial charge is 0.327 e. The molecule has 0 spiro atoms. The van der Waals surface area contributed by atoms with E-state index >= 15 is 0 Å². The lowest BCUT2D eigenvalue weighted by Gasteiger charge is -2.12. The molecule has 1 aliphatic carbocycles. The van der Waals surface area contributed by atoms with Gasteiger partial charge in [0.25, 0.3) is 0 Å². The number of esters is 1. The SMILES string of the molecule is COC(=O)[C@]1(C(C)=O)C=C1c1ccc(C)cc1. The average Bonchev–Trinajstić information content (AvgIpc) is 3.05. The summed E-state index contributed by atoms with van der Waals surface area (Å²) in [6.45, 7) is 3.40. The molecule has 3 heteroatoms. The van der Waals surface area contributed by atoms with E-state index in [0.29, 0.717) is 0 Å². The molecule has 88 valence electrons. The number of hydrogen-bond acceptors (Lipinski definition) is 3. The van der Waals surface area contributed by atoms with Crippen LogP contribution in [0.25, 0.3) is 5.57 Å². The van der Waals surface area contributed by atoms with Crippen molar-refractivity contribution in [3.05, 3.63) is 41.5 Å². The van der Waals surface area contributed by atoms with Crippen molar-refractivity contribution in [2.24, 2.45) is 5.41 Å². The van der Waals surface area contributed by atoms with Crippen molar-refractivity contribution in [3.63, 3.8) is 0 Å². The molecule has 3 nitrogen and oxygen atoms in total. The van der Waals surface area contributed by atoms with Crippen molar-refractivity contribution >= 4 is 17.3 Å². The minimum absolute atomic E-state index is 0.195. The maximum absolute atomic E-state index is 11.7. The highest BCUT2D eigenvalue weighted by molar-refractivity contribution is 6.24. The zero-order chi connectivity index (χ0) is 12.6. The molecule has 0 radical (unpaired) electrons. The molecule has 0 aromatic heterocycles. The molecular formula is C14H14O3. The number of ether oxygens (including phenoxy) is 1. The van der Waals surface area contributed by atoms with Gasteiger partial charge in [0.1, 0.15) is 0 Å². The van der Waals surface area contributed by atoms with Gasteiger partial charge in [-0.2, -0.15) is 0 Å². The summed E-state index contributed by atoms with van der Waals surface area (Å²) in [5.41, 5.74) is 1.65. The van der Waals surface area contributed by atoms with Crippen LogP contribution in [-0.2, 0) is 14.3 Å². The number of carbonyl (C=O) groups is 2. The number of ketones is 1. The van der Waals surface area contributed by atoms with E-state index in [-0.39, 0.29) is 5.78 Å². The van der Waals surface area contributed by atoms with E-state index in [0.717, 1.165) is 16.7 Å². The highest BCUT2D eigenvalue weighted by Crippen LogP contribution is 2.52. The second kappa shape index (κ2) is 3.84. The number of rotatable bonds is 3. The molecule has 1 atom stereocenters. The number of aryl methyl sites for hydroxylation is 1. The molecule has 0 unspecified atom stereocenters. The van der Waals surface area contributed by atoms with Crippen LogP contribution in [0.2, 0.25) is 0 Å². The third-order valence-electron chi connectivity index (χ3n) is 3.13. The highest BCUT2D eigenvalue weighted by atomic mass is 16.5. The van der Waals surface area contributed by atoms with Gasteiger partial charge in [0.2, 0.25) is 0 Å². The summed E-state index contributed by atoms with van der Waals surface area (Å²) in [5, 5.41) is 0. The Morgan fingerprint density at radius 3 is 2.24 bits per heavy atom. The maximum Gasteiger partial charge on any atom is 0.327 e. The summed E-state index contributed by atoms with van der Waals surface area (Å²) in [6.07, 6.45) is 1.67. The van der Waals surface area contributed by atoms with Crippen molar-refractivity contribution in [3.8, 4) is 0 Å². The van der Waals surface area contributed by atoms with Crippen LogP contribution >= 0.6 is 0 Å². The van der Waals surface area contributed by atoms with Crippen molar-refractivity contribution in [2.45, 2.75) is 13.8 Å². The van der Waals surface area contributed by atoms with Crippen LogP contribution < -0.4 is 0 Å². The molecule has 2 rings (SSSR count). The van der Waals surface area contributed by atoms with Crippen molar-refractivity contribution < 1.29 is 14.3 Å². The van der Waals surface area contributed by atoms with Crippen LogP contribution in [0, 0.1) is 12.3 Å². The number of Topliss-reactive ketones (excluding diaryl/α,β-unsaturated/α-hetero) is 1. The second-order valence-corrected chi connectivity index (χ2v) is 4.28. The first-order chi connectivity index (χ1) is 8.02. The third kappa shape index (κ3) is 1.68. The predicted molar refractivity (Wildman–Crippen MR) is 64.3 cm³/mol. The van der Waals surface area contributed by atoms with E-state index in [1.165, 1.54) is 14.0 Å². The minimum atomic E-state index is -1.13. The Balaban J connectivity index is 2.32. The normalized spacial score (nSPS) is 21.7. The summed E-state index contributed by atoms with van der Waals surface area (Å²) in [7, 11) is 1.30. The Morgan fingerprint density at radius 2 is 1.76 bits per heavy atom. The van der Waals surface area contributed by atoms with Crippen LogP contribution in [0.3, 0.4) is 0 Å². The van der Waals surface area contributed by atoms with Crippen molar-refractivity contribution in [1.29, 1.82) is 0 Å². The topological polar surface area (TPSA) is 43.4 Å². The van der Waals surface area contributed by atoms with Crippen LogP contribution in [0.4, 0.5) is 0 Å². The predicted octanol–water partition coefficient (Wildman–Crippen LogP) is 2.14. The Hall–Kier alpha value is -1.90. The largest absolute Gasteiger partial charge is 0.468 e. The van der Waals surface area contributed by atoms with Gasteiger partial charge in [0.15, 0.2) is 11.2 Å². The van der Waals surface area contributed by atoms with Gasteiger partial charge in [-0.25, -0.2) is 0 Å². The fourth-order valence-corrected chi connectivity index (χ4v) is 1.99. The molecule has 1 aromatic rings. The van der Waals surface area contributed by atoms with Gasteiger partial charge < -0.3 is 4.74 Å². The number of benzene rings is 1. The molecule has 0 aliphatic heterocycles. The average molecular weight is 230 g/mol. The third-order valence-corrected chi connectivity index (χ3v) is 3.13. The number of carbonyl (C=O) groups excluding carboxylic acids is 2. The first-order valence-electron chi connectivity index (χ1n) is 5.42. The zero-order valence-electron chi connectivity index (χ0n) is 10.1. The van der Waals surface area contributed by atoms with E-state index in [1.54, 1.807) is 6.08 Å². The zero-order valence-corrected chi connectivity index (χ0v) is 10.1. The molecule has 1 aromatic carbocycles. The monoisotopic (exact) mass is 230 g/mol.